The summed E-state index contributed by atoms with van der Waals surface area (Å²) in [6.45, 7) is 0. The van der Waals surface area contributed by atoms with E-state index in [0.717, 1.165) is 9.04 Å². The SMILES string of the molecule is Cn1c(=O)c2ccc(C(=O)Nc3ccccc3Br)nc2n(C)c1=O. The summed E-state index contributed by atoms with van der Waals surface area (Å²) in [7, 11) is 2.91. The van der Waals surface area contributed by atoms with Gasteiger partial charge in [0, 0.05) is 18.6 Å². The maximum atomic E-state index is 12.4. The van der Waals surface area contributed by atoms with Crippen LogP contribution in [0.25, 0.3) is 11.0 Å². The van der Waals surface area contributed by atoms with Crippen LogP contribution in [0.4, 0.5) is 5.69 Å². The molecule has 3 aromatic rings. The van der Waals surface area contributed by atoms with Gasteiger partial charge in [-0.25, -0.2) is 9.78 Å². The summed E-state index contributed by atoms with van der Waals surface area (Å²) < 4.78 is 2.98. The van der Waals surface area contributed by atoms with E-state index >= 15 is 0 Å². The first kappa shape index (κ1) is 16.1. The third-order valence-electron chi connectivity index (χ3n) is 3.66. The van der Waals surface area contributed by atoms with Crippen molar-refractivity contribution in [1.29, 1.82) is 0 Å². The van der Waals surface area contributed by atoms with Gasteiger partial charge in [0.2, 0.25) is 0 Å². The summed E-state index contributed by atoms with van der Waals surface area (Å²) in [6, 6.07) is 10.1. The zero-order valence-corrected chi connectivity index (χ0v) is 14.5. The summed E-state index contributed by atoms with van der Waals surface area (Å²) >= 11 is 3.35. The molecular formula is C16H13BrN4O3. The number of nitrogens with one attached hydrogen (secondary N) is 1. The smallest absolute Gasteiger partial charge is 0.320 e. The highest BCUT2D eigenvalue weighted by atomic mass is 79.9. The number of fused-ring (bicyclic) bond motifs is 1. The van der Waals surface area contributed by atoms with Crippen molar-refractivity contribution in [2.45, 2.75) is 0 Å². The lowest BCUT2D eigenvalue weighted by Gasteiger charge is -2.09. The minimum atomic E-state index is -0.497. The van der Waals surface area contributed by atoms with E-state index in [1.807, 2.05) is 6.07 Å². The Bertz CT molecular complexity index is 1080. The Hall–Kier alpha value is -2.74. The number of carbonyl (C=O) groups excluding carboxylic acids is 1. The molecule has 0 unspecified atom stereocenters. The molecular weight excluding hydrogens is 376 g/mol. The second-order valence-corrected chi connectivity index (χ2v) is 6.06. The molecule has 1 amide bonds. The number of benzene rings is 1. The van der Waals surface area contributed by atoms with Crippen molar-refractivity contribution in [2.24, 2.45) is 14.1 Å². The third kappa shape index (κ3) is 2.65. The number of rotatable bonds is 2. The van der Waals surface area contributed by atoms with Crippen LogP contribution in [0.2, 0.25) is 0 Å². The van der Waals surface area contributed by atoms with Gasteiger partial charge in [-0.1, -0.05) is 12.1 Å². The molecule has 1 aromatic carbocycles. The molecule has 0 spiro atoms. The number of aromatic nitrogens is 3. The van der Waals surface area contributed by atoms with Crippen LogP contribution in [0.1, 0.15) is 10.5 Å². The van der Waals surface area contributed by atoms with Gasteiger partial charge in [-0.15, -0.1) is 0 Å². The van der Waals surface area contributed by atoms with Gasteiger partial charge >= 0.3 is 5.69 Å². The van der Waals surface area contributed by atoms with Gasteiger partial charge in [-0.2, -0.15) is 0 Å². The van der Waals surface area contributed by atoms with Crippen molar-refractivity contribution < 1.29 is 4.79 Å². The fourth-order valence-electron chi connectivity index (χ4n) is 2.33. The molecule has 0 bridgehead atoms. The third-order valence-corrected chi connectivity index (χ3v) is 4.35. The van der Waals surface area contributed by atoms with Crippen molar-refractivity contribution in [3.63, 3.8) is 0 Å². The van der Waals surface area contributed by atoms with Crippen molar-refractivity contribution in [3.8, 4) is 0 Å². The van der Waals surface area contributed by atoms with E-state index in [1.165, 1.54) is 30.8 Å². The number of carbonyl (C=O) groups is 1. The average molecular weight is 389 g/mol. The molecule has 0 saturated carbocycles. The van der Waals surface area contributed by atoms with Crippen LogP contribution in [0.15, 0.2) is 50.5 Å². The van der Waals surface area contributed by atoms with Crippen molar-refractivity contribution in [3.05, 3.63) is 67.4 Å². The first-order chi connectivity index (χ1) is 11.4. The molecule has 7 nitrogen and oxygen atoms in total. The molecule has 122 valence electrons. The molecule has 0 saturated heterocycles. The second-order valence-electron chi connectivity index (χ2n) is 5.21. The van der Waals surface area contributed by atoms with E-state index in [9.17, 15) is 14.4 Å². The van der Waals surface area contributed by atoms with E-state index in [4.69, 9.17) is 0 Å². The maximum absolute atomic E-state index is 12.4. The maximum Gasteiger partial charge on any atom is 0.332 e. The quantitative estimate of drug-likeness (QED) is 0.722. The number of para-hydroxylation sites is 1. The number of hydrogen-bond donors (Lipinski definition) is 1. The zero-order chi connectivity index (χ0) is 17.4. The Kier molecular flexibility index (Phi) is 4.06. The van der Waals surface area contributed by atoms with Gasteiger partial charge in [-0.3, -0.25) is 18.7 Å². The monoisotopic (exact) mass is 388 g/mol. The number of amides is 1. The number of anilines is 1. The Morgan fingerprint density at radius 1 is 1.08 bits per heavy atom. The first-order valence-corrected chi connectivity index (χ1v) is 7.82. The number of halogens is 1. The minimum absolute atomic E-state index is 0.113. The number of pyridine rings is 1. The molecule has 2 aromatic heterocycles. The largest absolute Gasteiger partial charge is 0.332 e. The Balaban J connectivity index is 2.08. The van der Waals surface area contributed by atoms with Gasteiger partial charge in [0.15, 0.2) is 0 Å². The van der Waals surface area contributed by atoms with Crippen LogP contribution < -0.4 is 16.6 Å². The van der Waals surface area contributed by atoms with E-state index < -0.39 is 17.2 Å². The summed E-state index contributed by atoms with van der Waals surface area (Å²) in [5.41, 5.74) is -0.0617. The van der Waals surface area contributed by atoms with E-state index in [1.54, 1.807) is 18.2 Å². The lowest BCUT2D eigenvalue weighted by molar-refractivity contribution is 0.102. The fraction of sp³-hybridized carbons (Fsp3) is 0.125. The summed E-state index contributed by atoms with van der Waals surface area (Å²) in [6.07, 6.45) is 0. The standard InChI is InChI=1S/C16H13BrN4O3/c1-20-13-9(15(23)21(2)16(20)24)7-8-12(18-13)14(22)19-11-6-4-3-5-10(11)17/h3-8H,1-2H3,(H,19,22). The highest BCUT2D eigenvalue weighted by Crippen LogP contribution is 2.21. The summed E-state index contributed by atoms with van der Waals surface area (Å²) in [5, 5.41) is 3.01. The van der Waals surface area contributed by atoms with Crippen LogP contribution in [0.5, 0.6) is 0 Å². The molecule has 1 N–H and O–H groups in total. The second kappa shape index (κ2) is 6.04. The molecule has 0 aliphatic carbocycles. The van der Waals surface area contributed by atoms with Crippen molar-refractivity contribution in [1.82, 2.24) is 14.1 Å². The van der Waals surface area contributed by atoms with Crippen LogP contribution >= 0.6 is 15.9 Å². The summed E-state index contributed by atoms with van der Waals surface area (Å²) in [4.78, 5) is 40.7. The normalized spacial score (nSPS) is 10.8. The summed E-state index contributed by atoms with van der Waals surface area (Å²) in [5.74, 6) is -0.433. The fourth-order valence-corrected chi connectivity index (χ4v) is 2.71. The van der Waals surface area contributed by atoms with Gasteiger partial charge < -0.3 is 5.32 Å². The van der Waals surface area contributed by atoms with E-state index in [2.05, 4.69) is 26.2 Å². The predicted octanol–water partition coefficient (Wildman–Crippen LogP) is 1.65. The highest BCUT2D eigenvalue weighted by Gasteiger charge is 2.14. The van der Waals surface area contributed by atoms with Gasteiger partial charge in [0.05, 0.1) is 11.1 Å². The van der Waals surface area contributed by atoms with Crippen LogP contribution in [0, 0.1) is 0 Å². The molecule has 8 heteroatoms. The lowest BCUT2D eigenvalue weighted by atomic mass is 10.2. The Morgan fingerprint density at radius 3 is 2.50 bits per heavy atom. The molecule has 0 aliphatic rings. The number of hydrogen-bond acceptors (Lipinski definition) is 4. The van der Waals surface area contributed by atoms with E-state index in [-0.39, 0.29) is 16.7 Å². The van der Waals surface area contributed by atoms with Crippen LogP contribution in [-0.2, 0) is 14.1 Å². The van der Waals surface area contributed by atoms with Gasteiger partial charge in [0.1, 0.15) is 11.3 Å². The molecule has 0 atom stereocenters. The van der Waals surface area contributed by atoms with E-state index in [0.29, 0.717) is 5.69 Å². The zero-order valence-electron chi connectivity index (χ0n) is 12.9. The predicted molar refractivity (Wildman–Crippen MR) is 94.3 cm³/mol. The molecule has 24 heavy (non-hydrogen) atoms. The van der Waals surface area contributed by atoms with Crippen LogP contribution in [0.3, 0.4) is 0 Å². The lowest BCUT2D eigenvalue weighted by Crippen LogP contribution is -2.37. The minimum Gasteiger partial charge on any atom is -0.320 e. The molecule has 0 fully saturated rings. The molecule has 3 rings (SSSR count). The molecule has 0 radical (unpaired) electrons. The number of nitrogens with zero attached hydrogens (tertiary/aromatic N) is 3. The topological polar surface area (TPSA) is 86.0 Å². The molecule has 2 heterocycles. The number of aryl methyl sites for hydroxylation is 1. The average Bonchev–Trinajstić information content (AvgIpc) is 2.59. The van der Waals surface area contributed by atoms with Crippen molar-refractivity contribution in [2.75, 3.05) is 5.32 Å². The van der Waals surface area contributed by atoms with Crippen LogP contribution in [-0.4, -0.2) is 20.0 Å². The first-order valence-electron chi connectivity index (χ1n) is 7.03. The highest BCUT2D eigenvalue weighted by molar-refractivity contribution is 9.10. The van der Waals surface area contributed by atoms with Crippen molar-refractivity contribution >= 4 is 38.6 Å². The Labute approximate surface area is 144 Å². The molecule has 0 aliphatic heterocycles. The van der Waals surface area contributed by atoms with Gasteiger partial charge in [-0.05, 0) is 40.2 Å². The van der Waals surface area contributed by atoms with Gasteiger partial charge in [0.25, 0.3) is 11.5 Å². The Morgan fingerprint density at radius 2 is 1.79 bits per heavy atom.